The summed E-state index contributed by atoms with van der Waals surface area (Å²) in [7, 11) is 0. The zero-order valence-electron chi connectivity index (χ0n) is 70.7. The molecule has 3 saturated heterocycles. The summed E-state index contributed by atoms with van der Waals surface area (Å²) in [6.45, 7) is 1.66. The Hall–Kier alpha value is -2.77. The molecule has 0 radical (unpaired) electrons. The van der Waals surface area contributed by atoms with Gasteiger partial charge < -0.3 is 89.9 Å². The molecule has 3 heterocycles. The number of hydrogen-bond donors (Lipinski definition) is 12. The van der Waals surface area contributed by atoms with Gasteiger partial charge in [-0.2, -0.15) is 0 Å². The first-order valence-electron chi connectivity index (χ1n) is 46.2. The first-order valence-corrected chi connectivity index (χ1v) is 46.2. The fourth-order valence-corrected chi connectivity index (χ4v) is 15.4. The summed E-state index contributed by atoms with van der Waals surface area (Å²) in [5, 5.41) is 121. The van der Waals surface area contributed by atoms with Crippen LogP contribution in [0.2, 0.25) is 0 Å². The summed E-state index contributed by atoms with van der Waals surface area (Å²) in [6.07, 6.45) is 70.7. The molecule has 0 spiro atoms. The van der Waals surface area contributed by atoms with Crippen LogP contribution in [0.1, 0.15) is 380 Å². The zero-order chi connectivity index (χ0) is 81.0. The molecule has 19 nitrogen and oxygen atoms in total. The van der Waals surface area contributed by atoms with Crippen molar-refractivity contribution in [2.75, 3.05) is 26.4 Å². The average Bonchev–Trinajstić information content (AvgIpc) is 0.780. The highest BCUT2D eigenvalue weighted by atomic mass is 16.8. The second kappa shape index (κ2) is 72.3. The van der Waals surface area contributed by atoms with Gasteiger partial charge in [0.15, 0.2) is 18.9 Å². The van der Waals surface area contributed by atoms with Crippen LogP contribution >= 0.6 is 0 Å². The zero-order valence-corrected chi connectivity index (χ0v) is 70.7. The van der Waals surface area contributed by atoms with Gasteiger partial charge in [-0.1, -0.05) is 376 Å². The molecule has 17 unspecified atom stereocenters. The third-order valence-corrected chi connectivity index (χ3v) is 22.7. The second-order valence-corrected chi connectivity index (χ2v) is 32.7. The molecule has 0 aromatic heterocycles. The van der Waals surface area contributed by atoms with E-state index in [0.717, 1.165) is 64.2 Å². The topological polar surface area (TPSA) is 307 Å². The fourth-order valence-electron chi connectivity index (χ4n) is 15.4. The Bertz CT molecular complexity index is 2300. The summed E-state index contributed by atoms with van der Waals surface area (Å²) < 4.78 is 34.5. The molecule has 112 heavy (non-hydrogen) atoms. The molecule has 1 amide bonds. The van der Waals surface area contributed by atoms with Crippen molar-refractivity contribution >= 4 is 5.91 Å². The van der Waals surface area contributed by atoms with E-state index in [1.54, 1.807) is 6.08 Å². The van der Waals surface area contributed by atoms with Crippen molar-refractivity contribution in [3.05, 3.63) is 72.9 Å². The molecule has 0 aromatic rings. The highest BCUT2D eigenvalue weighted by Crippen LogP contribution is 2.34. The Balaban J connectivity index is 1.31. The molecule has 19 heteroatoms. The summed E-state index contributed by atoms with van der Waals surface area (Å²) in [4.78, 5) is 13.5. The number of amides is 1. The van der Waals surface area contributed by atoms with Crippen LogP contribution in [0.5, 0.6) is 0 Å². The van der Waals surface area contributed by atoms with E-state index in [9.17, 15) is 61.0 Å². The second-order valence-electron chi connectivity index (χ2n) is 32.7. The number of rotatable bonds is 75. The predicted molar refractivity (Wildman–Crippen MR) is 452 cm³/mol. The minimum atomic E-state index is -1.98. The van der Waals surface area contributed by atoms with Gasteiger partial charge in [-0.05, 0) is 70.6 Å². The van der Waals surface area contributed by atoms with E-state index in [1.807, 2.05) is 6.08 Å². The molecule has 3 rings (SSSR count). The van der Waals surface area contributed by atoms with E-state index in [1.165, 1.54) is 283 Å². The molecule has 0 bridgehead atoms. The van der Waals surface area contributed by atoms with Crippen LogP contribution in [0, 0.1) is 0 Å². The molecule has 0 aliphatic carbocycles. The number of allylic oxidation sites excluding steroid dienone is 11. The molecule has 3 aliphatic rings. The lowest BCUT2D eigenvalue weighted by Gasteiger charge is -2.48. The van der Waals surface area contributed by atoms with Crippen LogP contribution in [0.15, 0.2) is 72.9 Å². The van der Waals surface area contributed by atoms with Crippen LogP contribution in [0.25, 0.3) is 0 Å². The minimum absolute atomic E-state index is 0.238. The van der Waals surface area contributed by atoms with E-state index in [0.29, 0.717) is 12.8 Å². The fraction of sp³-hybridized carbons (Fsp3) is 0.860. The number of carbonyl (C=O) groups excluding carboxylic acids is 1. The largest absolute Gasteiger partial charge is 0.394 e. The van der Waals surface area contributed by atoms with Crippen LogP contribution in [0.4, 0.5) is 0 Å². The van der Waals surface area contributed by atoms with Crippen LogP contribution in [-0.4, -0.2) is 193 Å². The van der Waals surface area contributed by atoms with Gasteiger partial charge >= 0.3 is 0 Å². The smallest absolute Gasteiger partial charge is 0.220 e. The number of ether oxygens (including phenoxy) is 6. The van der Waals surface area contributed by atoms with Crippen molar-refractivity contribution < 1.29 is 89.4 Å². The van der Waals surface area contributed by atoms with E-state index >= 15 is 0 Å². The van der Waals surface area contributed by atoms with Gasteiger partial charge in [0.05, 0.1) is 38.6 Å². The first-order chi connectivity index (χ1) is 54.8. The molecular formula is C93H169NO18. The van der Waals surface area contributed by atoms with Gasteiger partial charge in [0.2, 0.25) is 5.91 Å². The molecule has 17 atom stereocenters. The van der Waals surface area contributed by atoms with E-state index < -0.39 is 124 Å². The van der Waals surface area contributed by atoms with E-state index in [-0.39, 0.29) is 18.9 Å². The van der Waals surface area contributed by atoms with Gasteiger partial charge in [0.25, 0.3) is 0 Å². The van der Waals surface area contributed by atoms with Crippen molar-refractivity contribution in [3.8, 4) is 0 Å². The number of aliphatic hydroxyl groups excluding tert-OH is 11. The molecule has 654 valence electrons. The molecule has 3 fully saturated rings. The average molecular weight is 1590 g/mol. The Kier molecular flexibility index (Phi) is 66.7. The third-order valence-electron chi connectivity index (χ3n) is 22.7. The van der Waals surface area contributed by atoms with Crippen molar-refractivity contribution in [1.82, 2.24) is 5.32 Å². The molecule has 0 aromatic carbocycles. The molecular weight excluding hydrogens is 1420 g/mol. The monoisotopic (exact) mass is 1590 g/mol. The number of nitrogens with one attached hydrogen (secondary N) is 1. The number of hydrogen-bond acceptors (Lipinski definition) is 18. The van der Waals surface area contributed by atoms with Crippen molar-refractivity contribution in [2.24, 2.45) is 0 Å². The first kappa shape index (κ1) is 103. The summed E-state index contributed by atoms with van der Waals surface area (Å²) >= 11 is 0. The number of unbranched alkanes of at least 4 members (excludes halogenated alkanes) is 49. The minimum Gasteiger partial charge on any atom is -0.394 e. The van der Waals surface area contributed by atoms with E-state index in [2.05, 4.69) is 79.9 Å². The van der Waals surface area contributed by atoms with Crippen molar-refractivity contribution in [3.63, 3.8) is 0 Å². The number of aliphatic hydroxyl groups is 11. The van der Waals surface area contributed by atoms with Gasteiger partial charge in [0.1, 0.15) is 73.2 Å². The predicted octanol–water partition coefficient (Wildman–Crippen LogP) is 17.9. The van der Waals surface area contributed by atoms with Crippen molar-refractivity contribution in [1.29, 1.82) is 0 Å². The van der Waals surface area contributed by atoms with Crippen LogP contribution in [0.3, 0.4) is 0 Å². The normalized spacial score (nSPS) is 25.2. The standard InChI is InChI=1S/C93H169NO18/c1-3-5-7-9-11-13-15-17-19-21-23-25-27-29-31-33-34-35-36-37-38-39-40-41-42-43-45-47-49-51-53-55-57-59-61-63-65-67-69-71-81(99)94-76(77(98)70-68-66-64-62-60-58-56-54-52-50-48-46-44-32-30-28-26-24-22-20-18-16-14-12-10-8-6-4-2)75-107-91-87(105)84(102)89(79(73-96)109-91)112-93-88(106)85(103)90(80(74-97)110-93)111-92-86(104)83(101)82(100)78(72-95)108-92/h5,7,11,13,17,19,23,25,60,62,68,70,76-80,82-93,95-98,100-106H,3-4,6,8-10,12,14-16,18,20-22,24,26-59,61,63-67,69,71-75H2,1-2H3,(H,94,99)/b7-5-,13-11-,19-17-,25-23-,62-60+,70-68+. The Morgan fingerprint density at radius 1 is 0.330 bits per heavy atom. The Morgan fingerprint density at radius 3 is 1.00 bits per heavy atom. The van der Waals surface area contributed by atoms with Gasteiger partial charge in [-0.25, -0.2) is 0 Å². The lowest BCUT2D eigenvalue weighted by molar-refractivity contribution is -0.379. The lowest BCUT2D eigenvalue weighted by atomic mass is 9.96. The Morgan fingerprint density at radius 2 is 0.625 bits per heavy atom. The Labute approximate surface area is 680 Å². The highest BCUT2D eigenvalue weighted by molar-refractivity contribution is 5.76. The summed E-state index contributed by atoms with van der Waals surface area (Å²) in [6, 6.07) is -0.993. The summed E-state index contributed by atoms with van der Waals surface area (Å²) in [5.41, 5.74) is 0. The highest BCUT2D eigenvalue weighted by Gasteiger charge is 2.54. The molecule has 0 saturated carbocycles. The van der Waals surface area contributed by atoms with Crippen LogP contribution in [-0.2, 0) is 33.2 Å². The maximum absolute atomic E-state index is 13.5. The van der Waals surface area contributed by atoms with Gasteiger partial charge in [-0.3, -0.25) is 4.79 Å². The van der Waals surface area contributed by atoms with E-state index in [4.69, 9.17) is 28.4 Å². The lowest BCUT2D eigenvalue weighted by Crippen LogP contribution is -2.66. The maximum Gasteiger partial charge on any atom is 0.220 e. The summed E-state index contributed by atoms with van der Waals surface area (Å²) in [5.74, 6) is -0.278. The van der Waals surface area contributed by atoms with Gasteiger partial charge in [-0.15, -0.1) is 0 Å². The SMILES string of the molecule is CC/C=C\C/C=C\C/C=C\C/C=C\CCCCCCCCCCCCCCCCCCCCCCCCCCCCC(=O)NC(COC1OC(CO)C(OC2OC(CO)C(OC3OC(CO)C(O)C(O)C3O)C(O)C2O)C(O)C1O)C(O)/C=C/CC/C=C/CCCCCCCCCCCCCCCCCCCCCCCC. The molecule has 3 aliphatic heterocycles. The maximum atomic E-state index is 13.5. The molecule has 12 N–H and O–H groups in total. The third kappa shape index (κ3) is 50.2. The van der Waals surface area contributed by atoms with Gasteiger partial charge in [0, 0.05) is 6.42 Å². The van der Waals surface area contributed by atoms with Crippen molar-refractivity contribution in [2.45, 2.75) is 484 Å². The van der Waals surface area contributed by atoms with Crippen LogP contribution < -0.4 is 5.32 Å². The number of carbonyl (C=O) groups is 1. The quantitative estimate of drug-likeness (QED) is 0.0199.